The summed E-state index contributed by atoms with van der Waals surface area (Å²) in [7, 11) is 1.36. The van der Waals surface area contributed by atoms with Crippen LogP contribution in [0.2, 0.25) is 0 Å². The molecular formula is C18H14FNO5. The lowest BCUT2D eigenvalue weighted by Crippen LogP contribution is -2.32. The Kier molecular flexibility index (Phi) is 4.47. The molecule has 3 rings (SSSR count). The first kappa shape index (κ1) is 16.6. The Morgan fingerprint density at radius 3 is 2.28 bits per heavy atom. The number of halogens is 1. The molecule has 6 nitrogen and oxygen atoms in total. The van der Waals surface area contributed by atoms with Crippen LogP contribution >= 0.6 is 0 Å². The first-order valence-electron chi connectivity index (χ1n) is 7.52. The van der Waals surface area contributed by atoms with Crippen molar-refractivity contribution < 1.29 is 28.3 Å². The summed E-state index contributed by atoms with van der Waals surface area (Å²) >= 11 is 0. The van der Waals surface area contributed by atoms with Gasteiger partial charge in [0.2, 0.25) is 0 Å². The van der Waals surface area contributed by atoms with E-state index in [1.165, 1.54) is 31.4 Å². The van der Waals surface area contributed by atoms with Crippen molar-refractivity contribution in [2.45, 2.75) is 12.8 Å². The van der Waals surface area contributed by atoms with E-state index in [9.17, 15) is 18.8 Å². The molecule has 0 atom stereocenters. The number of carbonyl (C=O) groups excluding carboxylic acids is 3. The predicted octanol–water partition coefficient (Wildman–Crippen LogP) is 2.52. The maximum atomic E-state index is 13.6. The number of methoxy groups -OCH3 is 1. The molecule has 0 radical (unpaired) electrons. The molecule has 0 unspecified atom stereocenters. The zero-order valence-corrected chi connectivity index (χ0v) is 13.3. The summed E-state index contributed by atoms with van der Waals surface area (Å²) in [6.45, 7) is 0. The smallest absolute Gasteiger partial charge is 0.333 e. The number of fused-ring (bicyclic) bond motifs is 1. The van der Waals surface area contributed by atoms with Crippen molar-refractivity contribution in [3.8, 4) is 5.75 Å². The van der Waals surface area contributed by atoms with Gasteiger partial charge in [-0.3, -0.25) is 9.59 Å². The summed E-state index contributed by atoms with van der Waals surface area (Å²) in [6, 6.07) is 10.6. The summed E-state index contributed by atoms with van der Waals surface area (Å²) < 4.78 is 18.4. The van der Waals surface area contributed by atoms with E-state index in [4.69, 9.17) is 9.57 Å². The SMILES string of the molecule is COc1ccc(CCC(=O)ON2C(=O)c3ccccc3C2=O)cc1F. The lowest BCUT2D eigenvalue weighted by Gasteiger charge is -2.12. The highest BCUT2D eigenvalue weighted by atomic mass is 19.1. The third-order valence-corrected chi connectivity index (χ3v) is 3.78. The Morgan fingerprint density at radius 2 is 1.72 bits per heavy atom. The molecule has 0 saturated heterocycles. The number of hydrogen-bond acceptors (Lipinski definition) is 5. The molecule has 0 bridgehead atoms. The molecular weight excluding hydrogens is 329 g/mol. The van der Waals surface area contributed by atoms with Gasteiger partial charge in [0.25, 0.3) is 11.8 Å². The fraction of sp³-hybridized carbons (Fsp3) is 0.167. The van der Waals surface area contributed by atoms with Crippen LogP contribution in [0.15, 0.2) is 42.5 Å². The molecule has 1 aliphatic heterocycles. The van der Waals surface area contributed by atoms with Gasteiger partial charge < -0.3 is 9.57 Å². The molecule has 0 fully saturated rings. The van der Waals surface area contributed by atoms with Gasteiger partial charge in [0, 0.05) is 0 Å². The van der Waals surface area contributed by atoms with Gasteiger partial charge in [-0.05, 0) is 36.2 Å². The van der Waals surface area contributed by atoms with Crippen LogP contribution in [0, 0.1) is 5.82 Å². The number of ether oxygens (including phenoxy) is 1. The molecule has 0 spiro atoms. The summed E-state index contributed by atoms with van der Waals surface area (Å²) in [5.41, 5.74) is 0.952. The Balaban J connectivity index is 1.61. The van der Waals surface area contributed by atoms with Crippen molar-refractivity contribution in [2.24, 2.45) is 0 Å². The molecule has 0 saturated carbocycles. The Hall–Kier alpha value is -3.22. The Bertz CT molecular complexity index is 829. The standard InChI is InChI=1S/C18H14FNO5/c1-24-15-8-6-11(10-14(15)19)7-9-16(21)25-20-17(22)12-4-2-3-5-13(12)18(20)23/h2-6,8,10H,7,9H2,1H3. The Labute approximate surface area is 142 Å². The molecule has 0 aromatic heterocycles. The fourth-order valence-electron chi connectivity index (χ4n) is 2.51. The number of benzene rings is 2. The number of aryl methyl sites for hydroxylation is 1. The molecule has 0 N–H and O–H groups in total. The van der Waals surface area contributed by atoms with E-state index in [1.807, 2.05) is 0 Å². The van der Waals surface area contributed by atoms with Crippen molar-refractivity contribution in [3.63, 3.8) is 0 Å². The minimum absolute atomic E-state index is 0.109. The predicted molar refractivity (Wildman–Crippen MR) is 84.3 cm³/mol. The van der Waals surface area contributed by atoms with Gasteiger partial charge in [0.05, 0.1) is 24.7 Å². The summed E-state index contributed by atoms with van der Waals surface area (Å²) in [6.07, 6.45) is 0.0854. The van der Waals surface area contributed by atoms with E-state index < -0.39 is 23.6 Å². The van der Waals surface area contributed by atoms with Crippen LogP contribution in [0.1, 0.15) is 32.7 Å². The number of amides is 2. The van der Waals surface area contributed by atoms with Crippen LogP contribution < -0.4 is 4.74 Å². The average Bonchev–Trinajstić information content (AvgIpc) is 2.85. The highest BCUT2D eigenvalue weighted by Gasteiger charge is 2.38. The van der Waals surface area contributed by atoms with E-state index in [2.05, 4.69) is 0 Å². The molecule has 1 heterocycles. The van der Waals surface area contributed by atoms with Gasteiger partial charge in [-0.1, -0.05) is 23.3 Å². The second kappa shape index (κ2) is 6.72. The third kappa shape index (κ3) is 3.21. The summed E-state index contributed by atoms with van der Waals surface area (Å²) in [5.74, 6) is -2.54. The molecule has 0 aliphatic carbocycles. The number of rotatable bonds is 5. The van der Waals surface area contributed by atoms with Crippen molar-refractivity contribution in [3.05, 3.63) is 65.0 Å². The first-order chi connectivity index (χ1) is 12.0. The number of hydroxylamine groups is 2. The summed E-state index contributed by atoms with van der Waals surface area (Å²) in [5, 5.41) is 0.460. The van der Waals surface area contributed by atoms with Crippen LogP contribution in [0.5, 0.6) is 5.75 Å². The van der Waals surface area contributed by atoms with E-state index >= 15 is 0 Å². The number of imide groups is 1. The molecule has 2 aromatic rings. The van der Waals surface area contributed by atoms with Gasteiger partial charge in [-0.15, -0.1) is 0 Å². The molecule has 128 valence electrons. The lowest BCUT2D eigenvalue weighted by molar-refractivity contribution is -0.168. The molecule has 2 amide bonds. The zero-order valence-electron chi connectivity index (χ0n) is 13.3. The second-order valence-electron chi connectivity index (χ2n) is 5.38. The van der Waals surface area contributed by atoms with Gasteiger partial charge >= 0.3 is 5.97 Å². The quantitative estimate of drug-likeness (QED) is 0.780. The van der Waals surface area contributed by atoms with Gasteiger partial charge in [-0.2, -0.15) is 0 Å². The molecule has 25 heavy (non-hydrogen) atoms. The second-order valence-corrected chi connectivity index (χ2v) is 5.38. The number of carbonyl (C=O) groups is 3. The minimum Gasteiger partial charge on any atom is -0.494 e. The number of hydrogen-bond donors (Lipinski definition) is 0. The fourth-order valence-corrected chi connectivity index (χ4v) is 2.51. The Morgan fingerprint density at radius 1 is 1.08 bits per heavy atom. The maximum Gasteiger partial charge on any atom is 0.333 e. The minimum atomic E-state index is -0.759. The van der Waals surface area contributed by atoms with E-state index in [0.29, 0.717) is 10.6 Å². The third-order valence-electron chi connectivity index (χ3n) is 3.78. The van der Waals surface area contributed by atoms with Gasteiger partial charge in [0.1, 0.15) is 0 Å². The van der Waals surface area contributed by atoms with E-state index in [-0.39, 0.29) is 29.7 Å². The number of nitrogens with zero attached hydrogens (tertiary/aromatic N) is 1. The van der Waals surface area contributed by atoms with Gasteiger partial charge in [0.15, 0.2) is 11.6 Å². The molecule has 2 aromatic carbocycles. The van der Waals surface area contributed by atoms with Crippen molar-refractivity contribution in [1.82, 2.24) is 5.06 Å². The van der Waals surface area contributed by atoms with Crippen LogP contribution in [-0.4, -0.2) is 30.0 Å². The molecule has 7 heteroatoms. The maximum absolute atomic E-state index is 13.6. The summed E-state index contributed by atoms with van der Waals surface area (Å²) in [4.78, 5) is 41.0. The average molecular weight is 343 g/mol. The van der Waals surface area contributed by atoms with Crippen molar-refractivity contribution in [1.29, 1.82) is 0 Å². The van der Waals surface area contributed by atoms with Crippen LogP contribution in [0.25, 0.3) is 0 Å². The molecule has 1 aliphatic rings. The van der Waals surface area contributed by atoms with Gasteiger partial charge in [-0.25, -0.2) is 9.18 Å². The van der Waals surface area contributed by atoms with Crippen molar-refractivity contribution >= 4 is 17.8 Å². The van der Waals surface area contributed by atoms with Crippen LogP contribution in [-0.2, 0) is 16.1 Å². The highest BCUT2D eigenvalue weighted by Crippen LogP contribution is 2.23. The largest absolute Gasteiger partial charge is 0.494 e. The van der Waals surface area contributed by atoms with Crippen LogP contribution in [0.4, 0.5) is 4.39 Å². The lowest BCUT2D eigenvalue weighted by atomic mass is 10.1. The monoisotopic (exact) mass is 343 g/mol. The van der Waals surface area contributed by atoms with Crippen molar-refractivity contribution in [2.75, 3.05) is 7.11 Å². The van der Waals surface area contributed by atoms with E-state index in [1.54, 1.807) is 18.2 Å². The van der Waals surface area contributed by atoms with Crippen LogP contribution in [0.3, 0.4) is 0 Å². The normalized spacial score (nSPS) is 13.0. The highest BCUT2D eigenvalue weighted by molar-refractivity contribution is 6.20. The zero-order chi connectivity index (χ0) is 18.0. The first-order valence-corrected chi connectivity index (χ1v) is 7.52. The topological polar surface area (TPSA) is 72.9 Å². The van der Waals surface area contributed by atoms with E-state index in [0.717, 1.165) is 0 Å².